The zero-order chi connectivity index (χ0) is 12.7. The minimum absolute atomic E-state index is 0.0564. The summed E-state index contributed by atoms with van der Waals surface area (Å²) in [5.74, 6) is -0.766. The van der Waals surface area contributed by atoms with E-state index in [0.717, 1.165) is 6.41 Å². The number of carbonyl (C=O) groups is 3. The second kappa shape index (κ2) is 6.88. The van der Waals surface area contributed by atoms with E-state index < -0.39 is 5.97 Å². The number of carboxylic acids is 1. The molecule has 96 valence electrons. The third kappa shape index (κ3) is 4.84. The van der Waals surface area contributed by atoms with Crippen LogP contribution in [-0.4, -0.2) is 59.4 Å². The molecule has 6 nitrogen and oxygen atoms in total. The molecule has 6 heteroatoms. The van der Waals surface area contributed by atoms with E-state index >= 15 is 0 Å². The highest BCUT2D eigenvalue weighted by molar-refractivity contribution is 5.76. The van der Waals surface area contributed by atoms with Crippen LogP contribution < -0.4 is 0 Å². The molecule has 1 fully saturated rings. The Morgan fingerprint density at radius 1 is 1.06 bits per heavy atom. The zero-order valence-electron chi connectivity index (χ0n) is 9.80. The van der Waals surface area contributed by atoms with E-state index in [-0.39, 0.29) is 12.3 Å². The number of carboxylic acid groups (broad SMARTS) is 1. The number of unbranched alkanes of at least 4 members (excludes halogenated alkanes) is 1. The molecule has 1 rings (SSSR count). The van der Waals surface area contributed by atoms with E-state index in [0.29, 0.717) is 45.4 Å². The summed E-state index contributed by atoms with van der Waals surface area (Å²) in [4.78, 5) is 35.9. The van der Waals surface area contributed by atoms with Gasteiger partial charge >= 0.3 is 5.97 Å². The van der Waals surface area contributed by atoms with E-state index in [4.69, 9.17) is 5.11 Å². The molecule has 17 heavy (non-hydrogen) atoms. The van der Waals surface area contributed by atoms with E-state index in [1.54, 1.807) is 9.80 Å². The normalized spacial score (nSPS) is 15.8. The van der Waals surface area contributed by atoms with Gasteiger partial charge in [0, 0.05) is 39.0 Å². The molecule has 0 aliphatic carbocycles. The van der Waals surface area contributed by atoms with Crippen LogP contribution in [-0.2, 0) is 14.4 Å². The molecule has 1 aliphatic rings. The molecule has 0 unspecified atom stereocenters. The number of piperazine rings is 1. The smallest absolute Gasteiger partial charge is 0.303 e. The standard InChI is InChI=1S/C11H18N2O4/c14-9-12-5-7-13(8-6-12)10(15)3-1-2-4-11(16)17/h9H,1-8H2,(H,16,17). The van der Waals surface area contributed by atoms with E-state index in [1.165, 1.54) is 0 Å². The average Bonchev–Trinajstić information content (AvgIpc) is 2.34. The molecule has 1 saturated heterocycles. The van der Waals surface area contributed by atoms with Gasteiger partial charge in [-0.05, 0) is 12.8 Å². The quantitative estimate of drug-likeness (QED) is 0.522. The lowest BCUT2D eigenvalue weighted by atomic mass is 10.1. The summed E-state index contributed by atoms with van der Waals surface area (Å²) in [6, 6.07) is 0. The molecular formula is C11H18N2O4. The summed E-state index contributed by atoms with van der Waals surface area (Å²) in [6.07, 6.45) is 2.46. The van der Waals surface area contributed by atoms with Crippen molar-refractivity contribution in [3.63, 3.8) is 0 Å². The Labute approximate surface area is 100 Å². The van der Waals surface area contributed by atoms with Crippen LogP contribution in [0.3, 0.4) is 0 Å². The minimum Gasteiger partial charge on any atom is -0.481 e. The summed E-state index contributed by atoms with van der Waals surface area (Å²) >= 11 is 0. The van der Waals surface area contributed by atoms with Gasteiger partial charge in [-0.25, -0.2) is 0 Å². The van der Waals surface area contributed by atoms with Crippen molar-refractivity contribution in [3.8, 4) is 0 Å². The monoisotopic (exact) mass is 242 g/mol. The van der Waals surface area contributed by atoms with Crippen LogP contribution in [0.5, 0.6) is 0 Å². The Balaban J connectivity index is 2.16. The summed E-state index contributed by atoms with van der Waals surface area (Å²) in [5, 5.41) is 8.45. The first-order chi connectivity index (χ1) is 8.13. The Morgan fingerprint density at radius 3 is 2.18 bits per heavy atom. The molecule has 2 amide bonds. The first-order valence-corrected chi connectivity index (χ1v) is 5.82. The number of carbonyl (C=O) groups excluding carboxylic acids is 2. The van der Waals surface area contributed by atoms with E-state index in [9.17, 15) is 14.4 Å². The molecule has 0 bridgehead atoms. The molecule has 1 heterocycles. The number of hydrogen-bond donors (Lipinski definition) is 1. The van der Waals surface area contributed by atoms with Gasteiger partial charge in [-0.1, -0.05) is 0 Å². The molecule has 0 aromatic rings. The van der Waals surface area contributed by atoms with Crippen molar-refractivity contribution in [3.05, 3.63) is 0 Å². The van der Waals surface area contributed by atoms with Crippen LogP contribution in [0, 0.1) is 0 Å². The third-order valence-corrected chi connectivity index (χ3v) is 2.85. The van der Waals surface area contributed by atoms with Gasteiger partial charge < -0.3 is 14.9 Å². The number of nitrogens with zero attached hydrogens (tertiary/aromatic N) is 2. The first kappa shape index (κ1) is 13.5. The third-order valence-electron chi connectivity index (χ3n) is 2.85. The van der Waals surface area contributed by atoms with Crippen molar-refractivity contribution in [1.29, 1.82) is 0 Å². The second-order valence-corrected chi connectivity index (χ2v) is 4.12. The topological polar surface area (TPSA) is 77.9 Å². The van der Waals surface area contributed by atoms with Gasteiger partial charge in [-0.15, -0.1) is 0 Å². The Hall–Kier alpha value is -1.59. The molecule has 0 aromatic heterocycles. The van der Waals surface area contributed by atoms with Gasteiger partial charge in [0.1, 0.15) is 0 Å². The van der Waals surface area contributed by atoms with Crippen LogP contribution in [0.25, 0.3) is 0 Å². The number of aliphatic carboxylic acids is 1. The molecular weight excluding hydrogens is 224 g/mol. The van der Waals surface area contributed by atoms with Crippen molar-refractivity contribution in [1.82, 2.24) is 9.80 Å². The SMILES string of the molecule is O=CN1CCN(C(=O)CCCCC(=O)O)CC1. The summed E-state index contributed by atoms with van der Waals surface area (Å²) in [7, 11) is 0. The first-order valence-electron chi connectivity index (χ1n) is 5.82. The van der Waals surface area contributed by atoms with Gasteiger partial charge in [0.05, 0.1) is 0 Å². The van der Waals surface area contributed by atoms with Gasteiger partial charge in [0.15, 0.2) is 0 Å². The fraction of sp³-hybridized carbons (Fsp3) is 0.727. The molecule has 1 aliphatic heterocycles. The Morgan fingerprint density at radius 2 is 1.65 bits per heavy atom. The Kier molecular flexibility index (Phi) is 5.45. The molecule has 0 spiro atoms. The predicted octanol–water partition coefficient (Wildman–Crippen LogP) is -0.0680. The lowest BCUT2D eigenvalue weighted by Crippen LogP contribution is -2.48. The summed E-state index contributed by atoms with van der Waals surface area (Å²) in [5.41, 5.74) is 0. The maximum absolute atomic E-state index is 11.7. The van der Waals surface area contributed by atoms with Crippen LogP contribution in [0.15, 0.2) is 0 Å². The maximum Gasteiger partial charge on any atom is 0.303 e. The molecule has 0 radical (unpaired) electrons. The van der Waals surface area contributed by atoms with E-state index in [1.807, 2.05) is 0 Å². The van der Waals surface area contributed by atoms with Crippen molar-refractivity contribution < 1.29 is 19.5 Å². The van der Waals surface area contributed by atoms with Crippen molar-refractivity contribution in [2.24, 2.45) is 0 Å². The van der Waals surface area contributed by atoms with Crippen molar-refractivity contribution in [2.75, 3.05) is 26.2 Å². The molecule has 0 saturated carbocycles. The highest BCUT2D eigenvalue weighted by Gasteiger charge is 2.19. The van der Waals surface area contributed by atoms with E-state index in [2.05, 4.69) is 0 Å². The second-order valence-electron chi connectivity index (χ2n) is 4.12. The largest absolute Gasteiger partial charge is 0.481 e. The number of hydrogen-bond acceptors (Lipinski definition) is 3. The predicted molar refractivity (Wildman–Crippen MR) is 60.3 cm³/mol. The van der Waals surface area contributed by atoms with Crippen LogP contribution in [0.1, 0.15) is 25.7 Å². The van der Waals surface area contributed by atoms with Crippen molar-refractivity contribution in [2.45, 2.75) is 25.7 Å². The van der Waals surface area contributed by atoms with Crippen LogP contribution in [0.2, 0.25) is 0 Å². The van der Waals surface area contributed by atoms with Crippen LogP contribution in [0.4, 0.5) is 0 Å². The number of rotatable bonds is 6. The van der Waals surface area contributed by atoms with Gasteiger partial charge in [0.2, 0.25) is 12.3 Å². The molecule has 0 atom stereocenters. The number of amides is 2. The average molecular weight is 242 g/mol. The summed E-state index contributed by atoms with van der Waals surface area (Å²) < 4.78 is 0. The highest BCUT2D eigenvalue weighted by Crippen LogP contribution is 2.06. The van der Waals surface area contributed by atoms with Gasteiger partial charge in [-0.3, -0.25) is 14.4 Å². The Bertz CT molecular complexity index is 285. The fourth-order valence-corrected chi connectivity index (χ4v) is 1.79. The lowest BCUT2D eigenvalue weighted by Gasteiger charge is -2.32. The van der Waals surface area contributed by atoms with Crippen molar-refractivity contribution >= 4 is 18.3 Å². The summed E-state index contributed by atoms with van der Waals surface area (Å²) in [6.45, 7) is 2.34. The van der Waals surface area contributed by atoms with Gasteiger partial charge in [0.25, 0.3) is 0 Å². The van der Waals surface area contributed by atoms with Crippen LogP contribution >= 0.6 is 0 Å². The van der Waals surface area contributed by atoms with Gasteiger partial charge in [-0.2, -0.15) is 0 Å². The maximum atomic E-state index is 11.7. The highest BCUT2D eigenvalue weighted by atomic mass is 16.4. The zero-order valence-corrected chi connectivity index (χ0v) is 9.80. The minimum atomic E-state index is -0.822. The fourth-order valence-electron chi connectivity index (χ4n) is 1.79. The molecule has 1 N–H and O–H groups in total. The lowest BCUT2D eigenvalue weighted by molar-refractivity contribution is -0.138. The molecule has 0 aromatic carbocycles.